The predicted octanol–water partition coefficient (Wildman–Crippen LogP) is 4.62. The second kappa shape index (κ2) is 7.88. The molecule has 1 amide bonds. The zero-order chi connectivity index (χ0) is 22.3. The topological polar surface area (TPSA) is 79.0 Å². The summed E-state index contributed by atoms with van der Waals surface area (Å²) < 4.78 is 19.6. The fraction of sp³-hybridized carbons (Fsp3) is 0.250. The molecular formula is C24H20ClFN4O2. The van der Waals surface area contributed by atoms with Crippen molar-refractivity contribution in [3.05, 3.63) is 58.5 Å². The first-order valence-electron chi connectivity index (χ1n) is 10.3. The fourth-order valence-corrected chi connectivity index (χ4v) is 4.03. The van der Waals surface area contributed by atoms with Gasteiger partial charge in [-0.1, -0.05) is 29.5 Å². The van der Waals surface area contributed by atoms with Crippen LogP contribution in [0, 0.1) is 11.8 Å². The van der Waals surface area contributed by atoms with Crippen molar-refractivity contribution in [3.8, 4) is 28.8 Å². The molecule has 0 unspecified atom stereocenters. The summed E-state index contributed by atoms with van der Waals surface area (Å²) in [5, 5.41) is 6.67. The minimum Gasteiger partial charge on any atom is -0.493 e. The quantitative estimate of drug-likeness (QED) is 0.507. The van der Waals surface area contributed by atoms with Crippen molar-refractivity contribution >= 4 is 28.9 Å². The van der Waals surface area contributed by atoms with Crippen molar-refractivity contribution in [1.29, 1.82) is 0 Å². The molecule has 8 heteroatoms. The van der Waals surface area contributed by atoms with Crippen LogP contribution in [0.25, 0.3) is 11.3 Å². The molecule has 162 valence electrons. The molecule has 0 saturated heterocycles. The number of carbonyl (C=O) groups excluding carboxylic acids is 1. The fourth-order valence-electron chi connectivity index (χ4n) is 3.78. The SMILES string of the molecule is COc1c(Cl)cccc1Nc1c(-c2ccncc2C#CC2(F)CC2)[nH]c2c1C(=O)NCC2. The monoisotopic (exact) mass is 450 g/mol. The summed E-state index contributed by atoms with van der Waals surface area (Å²) in [7, 11) is 1.54. The molecule has 1 aliphatic carbocycles. The van der Waals surface area contributed by atoms with Crippen molar-refractivity contribution in [1.82, 2.24) is 15.3 Å². The number of pyridine rings is 1. The Morgan fingerprint density at radius 3 is 2.94 bits per heavy atom. The lowest BCUT2D eigenvalue weighted by atomic mass is 10.0. The number of anilines is 2. The standard InChI is InChI=1S/C24H20ClFN4O2/c1-32-22-16(25)3-2-4-18(22)30-21-19-17(7-12-28-23(19)31)29-20(21)15-6-11-27-13-14(15)5-8-24(26)9-10-24/h2-4,6,11,13,29-30H,7,9-10,12H2,1H3,(H,28,31). The number of halogens is 2. The van der Waals surface area contributed by atoms with Gasteiger partial charge < -0.3 is 20.4 Å². The number of aromatic nitrogens is 2. The van der Waals surface area contributed by atoms with Gasteiger partial charge in [0, 0.05) is 36.6 Å². The molecule has 1 aliphatic heterocycles. The number of amides is 1. The Morgan fingerprint density at radius 2 is 2.16 bits per heavy atom. The van der Waals surface area contributed by atoms with Gasteiger partial charge in [-0.2, -0.15) is 0 Å². The Hall–Kier alpha value is -3.50. The molecule has 3 aromatic rings. The van der Waals surface area contributed by atoms with E-state index in [4.69, 9.17) is 16.3 Å². The molecule has 3 N–H and O–H groups in total. The van der Waals surface area contributed by atoms with Crippen molar-refractivity contribution < 1.29 is 13.9 Å². The van der Waals surface area contributed by atoms with Crippen LogP contribution in [-0.4, -0.2) is 35.2 Å². The van der Waals surface area contributed by atoms with Crippen LogP contribution >= 0.6 is 11.6 Å². The molecule has 2 aliphatic rings. The van der Waals surface area contributed by atoms with Crippen molar-refractivity contribution in [2.24, 2.45) is 0 Å². The molecule has 0 radical (unpaired) electrons. The molecule has 32 heavy (non-hydrogen) atoms. The molecule has 6 nitrogen and oxygen atoms in total. The number of fused-ring (bicyclic) bond motifs is 1. The van der Waals surface area contributed by atoms with E-state index < -0.39 is 5.67 Å². The Balaban J connectivity index is 1.67. The summed E-state index contributed by atoms with van der Waals surface area (Å²) in [6, 6.07) is 7.15. The van der Waals surface area contributed by atoms with E-state index in [2.05, 4.69) is 32.4 Å². The number of nitrogens with one attached hydrogen (secondary N) is 3. The lowest BCUT2D eigenvalue weighted by Crippen LogP contribution is -2.31. The number of rotatable bonds is 4. The summed E-state index contributed by atoms with van der Waals surface area (Å²) >= 11 is 6.30. The summed E-state index contributed by atoms with van der Waals surface area (Å²) in [5.74, 6) is 5.95. The van der Waals surface area contributed by atoms with E-state index in [-0.39, 0.29) is 5.91 Å². The molecule has 0 atom stereocenters. The van der Waals surface area contributed by atoms with Crippen LogP contribution in [-0.2, 0) is 6.42 Å². The maximum atomic E-state index is 14.2. The highest BCUT2D eigenvalue weighted by molar-refractivity contribution is 6.32. The number of carbonyl (C=O) groups is 1. The molecule has 1 saturated carbocycles. The van der Waals surface area contributed by atoms with Gasteiger partial charge in [-0.15, -0.1) is 0 Å². The largest absolute Gasteiger partial charge is 0.493 e. The third-order valence-corrected chi connectivity index (χ3v) is 5.89. The van der Waals surface area contributed by atoms with E-state index in [1.54, 1.807) is 30.6 Å². The zero-order valence-corrected chi connectivity index (χ0v) is 18.1. The number of hydrogen-bond acceptors (Lipinski definition) is 4. The van der Waals surface area contributed by atoms with E-state index in [1.165, 1.54) is 7.11 Å². The maximum Gasteiger partial charge on any atom is 0.255 e. The van der Waals surface area contributed by atoms with Crippen molar-refractivity contribution in [3.63, 3.8) is 0 Å². The molecule has 1 aromatic carbocycles. The van der Waals surface area contributed by atoms with E-state index in [0.717, 1.165) is 11.3 Å². The van der Waals surface area contributed by atoms with Crippen LogP contribution in [0.1, 0.15) is 34.5 Å². The van der Waals surface area contributed by atoms with E-state index >= 15 is 0 Å². The van der Waals surface area contributed by atoms with Gasteiger partial charge in [-0.05, 0) is 31.0 Å². The highest BCUT2D eigenvalue weighted by Crippen LogP contribution is 2.42. The Labute approximate surface area is 189 Å². The van der Waals surface area contributed by atoms with Crippen LogP contribution in [0.2, 0.25) is 5.02 Å². The highest BCUT2D eigenvalue weighted by Gasteiger charge is 2.41. The van der Waals surface area contributed by atoms with Gasteiger partial charge in [0.15, 0.2) is 11.4 Å². The number of alkyl halides is 1. The summed E-state index contributed by atoms with van der Waals surface area (Å²) in [4.78, 5) is 20.3. The number of hydrogen-bond donors (Lipinski definition) is 3. The minimum absolute atomic E-state index is 0.181. The Kier molecular flexibility index (Phi) is 5.03. The lowest BCUT2D eigenvalue weighted by molar-refractivity contribution is 0.0947. The van der Waals surface area contributed by atoms with Gasteiger partial charge >= 0.3 is 0 Å². The molecule has 2 aromatic heterocycles. The van der Waals surface area contributed by atoms with Crippen LogP contribution < -0.4 is 15.4 Å². The number of para-hydroxylation sites is 1. The van der Waals surface area contributed by atoms with Gasteiger partial charge in [0.2, 0.25) is 0 Å². The molecule has 3 heterocycles. The lowest BCUT2D eigenvalue weighted by Gasteiger charge is -2.17. The van der Waals surface area contributed by atoms with Crippen LogP contribution in [0.4, 0.5) is 15.8 Å². The van der Waals surface area contributed by atoms with E-state index in [9.17, 15) is 9.18 Å². The van der Waals surface area contributed by atoms with Gasteiger partial charge in [0.1, 0.15) is 0 Å². The average Bonchev–Trinajstić information content (AvgIpc) is 3.41. The normalized spacial score (nSPS) is 15.8. The number of benzene rings is 1. The van der Waals surface area contributed by atoms with Gasteiger partial charge in [0.25, 0.3) is 5.91 Å². The maximum absolute atomic E-state index is 14.2. The summed E-state index contributed by atoms with van der Waals surface area (Å²) in [6.07, 6.45) is 4.81. The number of aromatic amines is 1. The molecule has 1 fully saturated rings. The Morgan fingerprint density at radius 1 is 1.31 bits per heavy atom. The Bertz CT molecular complexity index is 1290. The van der Waals surface area contributed by atoms with Crippen molar-refractivity contribution in [2.45, 2.75) is 24.9 Å². The number of ether oxygens (including phenoxy) is 1. The molecule has 0 spiro atoms. The first-order valence-corrected chi connectivity index (χ1v) is 10.7. The first-order chi connectivity index (χ1) is 15.5. The highest BCUT2D eigenvalue weighted by atomic mass is 35.5. The third-order valence-electron chi connectivity index (χ3n) is 5.60. The molecule has 0 bridgehead atoms. The minimum atomic E-state index is -1.41. The molecule has 5 rings (SSSR count). The average molecular weight is 451 g/mol. The summed E-state index contributed by atoms with van der Waals surface area (Å²) in [6.45, 7) is 0.541. The van der Waals surface area contributed by atoms with Crippen LogP contribution in [0.15, 0.2) is 36.7 Å². The van der Waals surface area contributed by atoms with Gasteiger partial charge in [0.05, 0.1) is 40.3 Å². The zero-order valence-electron chi connectivity index (χ0n) is 17.3. The number of methoxy groups -OCH3 is 1. The number of nitrogens with zero attached hydrogens (tertiary/aromatic N) is 1. The summed E-state index contributed by atoms with van der Waals surface area (Å²) in [5.41, 5.74) is 3.10. The second-order valence-electron chi connectivity index (χ2n) is 7.82. The van der Waals surface area contributed by atoms with Gasteiger partial charge in [-0.25, -0.2) is 4.39 Å². The smallest absolute Gasteiger partial charge is 0.255 e. The van der Waals surface area contributed by atoms with Crippen LogP contribution in [0.5, 0.6) is 5.75 Å². The van der Waals surface area contributed by atoms with E-state index in [1.807, 2.05) is 6.07 Å². The third kappa shape index (κ3) is 3.67. The van der Waals surface area contributed by atoms with Gasteiger partial charge in [-0.3, -0.25) is 9.78 Å². The molecular weight excluding hydrogens is 431 g/mol. The van der Waals surface area contributed by atoms with Crippen molar-refractivity contribution in [2.75, 3.05) is 19.0 Å². The van der Waals surface area contributed by atoms with Crippen LogP contribution in [0.3, 0.4) is 0 Å². The first kappa shape index (κ1) is 20.4. The second-order valence-corrected chi connectivity index (χ2v) is 8.22. The predicted molar refractivity (Wildman–Crippen MR) is 121 cm³/mol. The number of H-pyrrole nitrogens is 1. The van der Waals surface area contributed by atoms with E-state index in [0.29, 0.717) is 64.8 Å².